The first kappa shape index (κ1) is 18.7. The van der Waals surface area contributed by atoms with Gasteiger partial charge >= 0.3 is 0 Å². The summed E-state index contributed by atoms with van der Waals surface area (Å²) in [4.78, 5) is 14.1. The molecule has 0 aromatic heterocycles. The zero-order valence-electron chi connectivity index (χ0n) is 12.3. The number of halogens is 2. The fourth-order valence-corrected chi connectivity index (χ4v) is 2.80. The molecule has 2 rings (SSSR count). The number of nitrogens with one attached hydrogen (secondary N) is 2. The van der Waals surface area contributed by atoms with Crippen LogP contribution in [0.2, 0.25) is 0 Å². The number of rotatable bonds is 3. The first-order valence-electron chi connectivity index (χ1n) is 6.57. The van der Waals surface area contributed by atoms with Gasteiger partial charge in [0.05, 0.1) is 11.9 Å². The molecule has 0 unspecified atom stereocenters. The summed E-state index contributed by atoms with van der Waals surface area (Å²) in [7, 11) is -3.60. The van der Waals surface area contributed by atoms with Crippen molar-refractivity contribution in [1.82, 2.24) is 10.2 Å². The highest BCUT2D eigenvalue weighted by Gasteiger charge is 2.24. The highest BCUT2D eigenvalue weighted by molar-refractivity contribution is 7.92. The van der Waals surface area contributed by atoms with Gasteiger partial charge in [0.15, 0.2) is 0 Å². The van der Waals surface area contributed by atoms with Crippen LogP contribution in [0.3, 0.4) is 0 Å². The van der Waals surface area contributed by atoms with Crippen LogP contribution in [-0.2, 0) is 10.0 Å². The number of piperazine rings is 1. The summed E-state index contributed by atoms with van der Waals surface area (Å²) in [5, 5.41) is 3.18. The van der Waals surface area contributed by atoms with Gasteiger partial charge in [-0.1, -0.05) is 0 Å². The maximum absolute atomic E-state index is 13.6. The predicted octanol–water partition coefficient (Wildman–Crippen LogP) is 1.05. The molecule has 1 saturated heterocycles. The van der Waals surface area contributed by atoms with E-state index in [2.05, 4.69) is 10.0 Å². The van der Waals surface area contributed by atoms with Gasteiger partial charge < -0.3 is 10.2 Å². The summed E-state index contributed by atoms with van der Waals surface area (Å²) in [6.45, 7) is 3.88. The SMILES string of the molecule is C[C@H]1CNCCN1C(=O)c1ccc(F)c(NS(C)(=O)=O)c1.Cl. The van der Waals surface area contributed by atoms with Crippen molar-refractivity contribution in [3.8, 4) is 0 Å². The quantitative estimate of drug-likeness (QED) is 0.853. The molecule has 1 atom stereocenters. The normalized spacial score (nSPS) is 18.5. The van der Waals surface area contributed by atoms with E-state index in [0.29, 0.717) is 19.6 Å². The second kappa shape index (κ2) is 7.26. The lowest BCUT2D eigenvalue weighted by Gasteiger charge is -2.34. The average Bonchev–Trinajstić information content (AvgIpc) is 2.39. The van der Waals surface area contributed by atoms with Crippen LogP contribution in [-0.4, -0.2) is 51.2 Å². The van der Waals surface area contributed by atoms with Gasteiger partial charge in [0.2, 0.25) is 10.0 Å². The topological polar surface area (TPSA) is 78.5 Å². The Morgan fingerprint density at radius 2 is 2.14 bits per heavy atom. The van der Waals surface area contributed by atoms with Gasteiger partial charge in [0, 0.05) is 31.2 Å². The summed E-state index contributed by atoms with van der Waals surface area (Å²) >= 11 is 0. The number of hydrogen-bond acceptors (Lipinski definition) is 4. The summed E-state index contributed by atoms with van der Waals surface area (Å²) in [5.74, 6) is -0.953. The average molecular weight is 352 g/mol. The third-order valence-corrected chi connectivity index (χ3v) is 3.86. The van der Waals surface area contributed by atoms with Crippen LogP contribution in [0.5, 0.6) is 0 Å². The fraction of sp³-hybridized carbons (Fsp3) is 0.462. The molecule has 1 aromatic rings. The molecule has 0 spiro atoms. The minimum absolute atomic E-state index is 0. The summed E-state index contributed by atoms with van der Waals surface area (Å²) < 4.78 is 38.1. The smallest absolute Gasteiger partial charge is 0.254 e. The largest absolute Gasteiger partial charge is 0.333 e. The maximum atomic E-state index is 13.6. The third kappa shape index (κ3) is 4.56. The monoisotopic (exact) mass is 351 g/mol. The van der Waals surface area contributed by atoms with Crippen molar-refractivity contribution >= 4 is 34.0 Å². The molecule has 0 radical (unpaired) electrons. The fourth-order valence-electron chi connectivity index (χ4n) is 2.24. The summed E-state index contributed by atoms with van der Waals surface area (Å²) in [6.07, 6.45) is 0.930. The molecule has 22 heavy (non-hydrogen) atoms. The molecule has 124 valence electrons. The van der Waals surface area contributed by atoms with Gasteiger partial charge in [0.1, 0.15) is 5.82 Å². The van der Waals surface area contributed by atoms with E-state index >= 15 is 0 Å². The van der Waals surface area contributed by atoms with Gasteiger partial charge in [-0.05, 0) is 25.1 Å². The Morgan fingerprint density at radius 3 is 2.73 bits per heavy atom. The van der Waals surface area contributed by atoms with Gasteiger partial charge in [-0.3, -0.25) is 9.52 Å². The molecular formula is C13H19ClFN3O3S. The maximum Gasteiger partial charge on any atom is 0.254 e. The van der Waals surface area contributed by atoms with Crippen molar-refractivity contribution < 1.29 is 17.6 Å². The minimum Gasteiger partial charge on any atom is -0.333 e. The van der Waals surface area contributed by atoms with Crippen LogP contribution >= 0.6 is 12.4 Å². The third-order valence-electron chi connectivity index (χ3n) is 3.27. The van der Waals surface area contributed by atoms with E-state index in [1.165, 1.54) is 12.1 Å². The second-order valence-corrected chi connectivity index (χ2v) is 6.87. The number of nitrogens with zero attached hydrogens (tertiary/aromatic N) is 1. The first-order chi connectivity index (χ1) is 9.78. The standard InChI is InChI=1S/C13H18FN3O3S.ClH/c1-9-8-15-5-6-17(9)13(18)10-3-4-11(14)12(7-10)16-21(2,19)20;/h3-4,7,9,15-16H,5-6,8H2,1-2H3;1H/t9-;/m0./s1. The number of hydrogen-bond donors (Lipinski definition) is 2. The van der Waals surface area contributed by atoms with E-state index in [-0.39, 0.29) is 35.6 Å². The second-order valence-electron chi connectivity index (χ2n) is 5.12. The summed E-state index contributed by atoms with van der Waals surface area (Å²) in [6, 6.07) is 3.71. The molecule has 1 aromatic carbocycles. The van der Waals surface area contributed by atoms with Gasteiger partial charge in [-0.15, -0.1) is 12.4 Å². The highest BCUT2D eigenvalue weighted by Crippen LogP contribution is 2.19. The predicted molar refractivity (Wildman–Crippen MR) is 85.5 cm³/mol. The van der Waals surface area contributed by atoms with E-state index in [4.69, 9.17) is 0 Å². The van der Waals surface area contributed by atoms with Crippen LogP contribution in [0.25, 0.3) is 0 Å². The van der Waals surface area contributed by atoms with Crippen LogP contribution in [0.4, 0.5) is 10.1 Å². The molecule has 1 fully saturated rings. The molecule has 0 aliphatic carbocycles. The van der Waals surface area contributed by atoms with Crippen LogP contribution < -0.4 is 10.0 Å². The molecule has 1 amide bonds. The molecule has 9 heteroatoms. The van der Waals surface area contributed by atoms with Crippen molar-refractivity contribution in [2.45, 2.75) is 13.0 Å². The van der Waals surface area contributed by atoms with E-state index in [9.17, 15) is 17.6 Å². The lowest BCUT2D eigenvalue weighted by Crippen LogP contribution is -2.52. The molecule has 0 saturated carbocycles. The van der Waals surface area contributed by atoms with Crippen molar-refractivity contribution in [1.29, 1.82) is 0 Å². The van der Waals surface area contributed by atoms with E-state index in [1.54, 1.807) is 4.90 Å². The van der Waals surface area contributed by atoms with Gasteiger partial charge in [-0.2, -0.15) is 0 Å². The van der Waals surface area contributed by atoms with E-state index in [0.717, 1.165) is 12.3 Å². The van der Waals surface area contributed by atoms with Crippen LogP contribution in [0, 0.1) is 5.82 Å². The number of amides is 1. The molecule has 1 aliphatic heterocycles. The Hall–Kier alpha value is -1.38. The zero-order chi connectivity index (χ0) is 15.6. The number of benzene rings is 1. The first-order valence-corrected chi connectivity index (χ1v) is 8.46. The Morgan fingerprint density at radius 1 is 1.45 bits per heavy atom. The van der Waals surface area contributed by atoms with E-state index < -0.39 is 15.8 Å². The van der Waals surface area contributed by atoms with Gasteiger partial charge in [-0.25, -0.2) is 12.8 Å². The molecule has 2 N–H and O–H groups in total. The van der Waals surface area contributed by atoms with Crippen molar-refractivity contribution in [3.63, 3.8) is 0 Å². The minimum atomic E-state index is -3.60. The van der Waals surface area contributed by atoms with E-state index in [1.807, 2.05) is 6.92 Å². The molecule has 1 aliphatic rings. The van der Waals surface area contributed by atoms with Crippen LogP contribution in [0.1, 0.15) is 17.3 Å². The number of anilines is 1. The Bertz CT molecular complexity index is 654. The Kier molecular flexibility index (Phi) is 6.16. The van der Waals surface area contributed by atoms with Gasteiger partial charge in [0.25, 0.3) is 5.91 Å². The molecular weight excluding hydrogens is 333 g/mol. The zero-order valence-corrected chi connectivity index (χ0v) is 13.9. The van der Waals surface area contributed by atoms with Crippen molar-refractivity contribution in [3.05, 3.63) is 29.6 Å². The highest BCUT2D eigenvalue weighted by atomic mass is 35.5. The number of sulfonamides is 1. The van der Waals surface area contributed by atoms with Crippen molar-refractivity contribution in [2.24, 2.45) is 0 Å². The Labute approximate surface area is 135 Å². The molecule has 6 nitrogen and oxygen atoms in total. The lowest BCUT2D eigenvalue weighted by atomic mass is 10.1. The summed E-state index contributed by atoms with van der Waals surface area (Å²) in [5.41, 5.74) is 0.0439. The Balaban J connectivity index is 0.00000242. The molecule has 1 heterocycles. The number of carbonyl (C=O) groups excluding carboxylic acids is 1. The lowest BCUT2D eigenvalue weighted by molar-refractivity contribution is 0.0655. The number of carbonyl (C=O) groups is 1. The molecule has 0 bridgehead atoms. The van der Waals surface area contributed by atoms with Crippen molar-refractivity contribution in [2.75, 3.05) is 30.6 Å². The van der Waals surface area contributed by atoms with Crippen LogP contribution in [0.15, 0.2) is 18.2 Å².